The molecule has 0 atom stereocenters. The normalized spacial score (nSPS) is 21.2. The molecule has 0 aromatic heterocycles. The van der Waals surface area contributed by atoms with Crippen molar-refractivity contribution >= 4 is 11.6 Å². The maximum atomic E-state index is 12.2. The van der Waals surface area contributed by atoms with Gasteiger partial charge in [0.1, 0.15) is 0 Å². The van der Waals surface area contributed by atoms with Crippen molar-refractivity contribution in [3.8, 4) is 0 Å². The first-order valence-electron chi connectivity index (χ1n) is 4.03. The molecule has 5 nitrogen and oxygen atoms in total. The molecule has 8 heteroatoms. The average Bonchev–Trinajstić information content (AvgIpc) is 2.22. The van der Waals surface area contributed by atoms with Gasteiger partial charge in [-0.05, 0) is 13.8 Å². The van der Waals surface area contributed by atoms with Crippen LogP contribution in [0.15, 0.2) is 5.10 Å². The number of rotatable bonds is 1. The van der Waals surface area contributed by atoms with Crippen LogP contribution in [0, 0.1) is 0 Å². The van der Waals surface area contributed by atoms with E-state index in [0.717, 1.165) is 0 Å². The Balaban J connectivity index is 3.17. The van der Waals surface area contributed by atoms with Gasteiger partial charge in [0.25, 0.3) is 5.79 Å². The van der Waals surface area contributed by atoms with Gasteiger partial charge in [0, 0.05) is 0 Å². The van der Waals surface area contributed by atoms with Crippen LogP contribution < -0.4 is 0 Å². The van der Waals surface area contributed by atoms with Crippen LogP contribution >= 0.6 is 0 Å². The van der Waals surface area contributed by atoms with Crippen molar-refractivity contribution in [3.05, 3.63) is 0 Å². The van der Waals surface area contributed by atoms with E-state index in [4.69, 9.17) is 10.2 Å². The van der Waals surface area contributed by atoms with E-state index < -0.39 is 29.6 Å². The van der Waals surface area contributed by atoms with E-state index >= 15 is 0 Å². The average molecular weight is 226 g/mol. The SMILES string of the molecule is CC(C)N1N=C(C(F)(F)F)C(O)(O)C1=O. The maximum absolute atomic E-state index is 12.2. The Morgan fingerprint density at radius 3 is 2.07 bits per heavy atom. The molecule has 0 aliphatic carbocycles. The van der Waals surface area contributed by atoms with Crippen molar-refractivity contribution in [2.45, 2.75) is 31.9 Å². The van der Waals surface area contributed by atoms with Crippen molar-refractivity contribution in [2.75, 3.05) is 0 Å². The number of hydrazone groups is 1. The van der Waals surface area contributed by atoms with E-state index in [-0.39, 0.29) is 0 Å². The lowest BCUT2D eigenvalue weighted by molar-refractivity contribution is -0.175. The highest BCUT2D eigenvalue weighted by atomic mass is 19.4. The fourth-order valence-corrected chi connectivity index (χ4v) is 1.09. The Hall–Kier alpha value is -1.15. The Labute approximate surface area is 82.8 Å². The van der Waals surface area contributed by atoms with Crippen LogP contribution in [0.2, 0.25) is 0 Å². The molecule has 0 aromatic rings. The lowest BCUT2D eigenvalue weighted by atomic mass is 10.1. The number of hydrogen-bond acceptors (Lipinski definition) is 4. The van der Waals surface area contributed by atoms with E-state index in [1.165, 1.54) is 13.8 Å². The van der Waals surface area contributed by atoms with Gasteiger partial charge >= 0.3 is 12.1 Å². The summed E-state index contributed by atoms with van der Waals surface area (Å²) in [5, 5.41) is 21.2. The van der Waals surface area contributed by atoms with Gasteiger partial charge in [-0.25, -0.2) is 5.01 Å². The topological polar surface area (TPSA) is 73.1 Å². The van der Waals surface area contributed by atoms with Gasteiger partial charge in [-0.3, -0.25) is 4.79 Å². The van der Waals surface area contributed by atoms with E-state index in [1.54, 1.807) is 0 Å². The highest BCUT2D eigenvalue weighted by Crippen LogP contribution is 2.30. The van der Waals surface area contributed by atoms with E-state index in [9.17, 15) is 18.0 Å². The lowest BCUT2D eigenvalue weighted by Crippen LogP contribution is -2.51. The molecule has 0 aromatic carbocycles. The summed E-state index contributed by atoms with van der Waals surface area (Å²) >= 11 is 0. The number of aliphatic hydroxyl groups is 2. The number of alkyl halides is 3. The number of halogens is 3. The summed E-state index contributed by atoms with van der Waals surface area (Å²) in [5.41, 5.74) is -1.91. The molecule has 0 spiro atoms. The van der Waals surface area contributed by atoms with Crippen molar-refractivity contribution in [2.24, 2.45) is 5.10 Å². The Bertz CT molecular complexity index is 322. The van der Waals surface area contributed by atoms with Crippen molar-refractivity contribution < 1.29 is 28.2 Å². The summed E-state index contributed by atoms with van der Waals surface area (Å²) in [6.45, 7) is 2.80. The van der Waals surface area contributed by atoms with Gasteiger partial charge in [-0.1, -0.05) is 0 Å². The lowest BCUT2D eigenvalue weighted by Gasteiger charge is -2.19. The second-order valence-corrected chi connectivity index (χ2v) is 3.36. The molecule has 1 amide bonds. The quantitative estimate of drug-likeness (QED) is 0.610. The summed E-state index contributed by atoms with van der Waals surface area (Å²) < 4.78 is 36.7. The summed E-state index contributed by atoms with van der Waals surface area (Å²) in [6.07, 6.45) is -5.05. The summed E-state index contributed by atoms with van der Waals surface area (Å²) in [7, 11) is 0. The second kappa shape index (κ2) is 3.17. The van der Waals surface area contributed by atoms with Crippen molar-refractivity contribution in [1.29, 1.82) is 0 Å². The highest BCUT2D eigenvalue weighted by Gasteiger charge is 2.60. The first kappa shape index (κ1) is 11.9. The molecule has 0 bridgehead atoms. The molecule has 0 saturated heterocycles. The van der Waals surface area contributed by atoms with Crippen molar-refractivity contribution in [1.82, 2.24) is 5.01 Å². The van der Waals surface area contributed by atoms with E-state index in [1.807, 2.05) is 0 Å². The number of nitrogens with zero attached hydrogens (tertiary/aromatic N) is 2. The molecule has 0 unspecified atom stereocenters. The van der Waals surface area contributed by atoms with Crippen LogP contribution in [0.25, 0.3) is 0 Å². The minimum absolute atomic E-state index is 0.392. The van der Waals surface area contributed by atoms with Crippen LogP contribution in [0.5, 0.6) is 0 Å². The standard InChI is InChI=1S/C7H9F3N2O3/c1-3(2)12-5(13)6(14,15)4(11-12)7(8,9)10/h3,14-15H,1-2H3. The summed E-state index contributed by atoms with van der Waals surface area (Å²) in [6, 6.07) is -0.684. The van der Waals surface area contributed by atoms with Gasteiger partial charge in [-0.2, -0.15) is 18.3 Å². The third kappa shape index (κ3) is 1.82. The van der Waals surface area contributed by atoms with E-state index in [0.29, 0.717) is 5.01 Å². The number of hydrogen-bond donors (Lipinski definition) is 2. The summed E-state index contributed by atoms with van der Waals surface area (Å²) in [5.74, 6) is -5.08. The first-order chi connectivity index (χ1) is 6.58. The molecule has 0 saturated carbocycles. The van der Waals surface area contributed by atoms with Gasteiger partial charge in [0.2, 0.25) is 5.71 Å². The van der Waals surface area contributed by atoms with Crippen LogP contribution in [-0.2, 0) is 4.79 Å². The smallest absolute Gasteiger partial charge is 0.353 e. The predicted molar refractivity (Wildman–Crippen MR) is 42.6 cm³/mol. The fraction of sp³-hybridized carbons (Fsp3) is 0.714. The van der Waals surface area contributed by atoms with Crippen LogP contribution in [0.4, 0.5) is 13.2 Å². The third-order valence-electron chi connectivity index (χ3n) is 1.80. The molecule has 1 aliphatic heterocycles. The second-order valence-electron chi connectivity index (χ2n) is 3.36. The zero-order valence-electron chi connectivity index (χ0n) is 7.91. The molecule has 15 heavy (non-hydrogen) atoms. The largest absolute Gasteiger partial charge is 0.437 e. The highest BCUT2D eigenvalue weighted by molar-refractivity contribution is 6.15. The van der Waals surface area contributed by atoms with E-state index in [2.05, 4.69) is 5.10 Å². The fourth-order valence-electron chi connectivity index (χ4n) is 1.09. The van der Waals surface area contributed by atoms with Gasteiger partial charge < -0.3 is 10.2 Å². The van der Waals surface area contributed by atoms with Gasteiger partial charge in [0.05, 0.1) is 6.04 Å². The predicted octanol–water partition coefficient (Wildman–Crippen LogP) is -0.164. The summed E-state index contributed by atoms with van der Waals surface area (Å²) in [4.78, 5) is 11.1. The molecule has 0 radical (unpaired) electrons. The zero-order chi connectivity index (χ0) is 12.0. The molecule has 1 aliphatic rings. The first-order valence-corrected chi connectivity index (χ1v) is 4.03. The molecule has 0 fully saturated rings. The Morgan fingerprint density at radius 2 is 1.87 bits per heavy atom. The van der Waals surface area contributed by atoms with Crippen LogP contribution in [-0.4, -0.2) is 44.8 Å². The third-order valence-corrected chi connectivity index (χ3v) is 1.80. The minimum atomic E-state index is -5.05. The Kier molecular flexibility index (Phi) is 2.52. The Morgan fingerprint density at radius 1 is 1.40 bits per heavy atom. The van der Waals surface area contributed by atoms with Crippen LogP contribution in [0.3, 0.4) is 0 Å². The van der Waals surface area contributed by atoms with Crippen LogP contribution in [0.1, 0.15) is 13.8 Å². The molecule has 86 valence electrons. The molecule has 1 rings (SSSR count). The minimum Gasteiger partial charge on any atom is -0.353 e. The molecular weight excluding hydrogens is 217 g/mol. The molecular formula is C7H9F3N2O3. The van der Waals surface area contributed by atoms with Crippen molar-refractivity contribution in [3.63, 3.8) is 0 Å². The maximum Gasteiger partial charge on any atom is 0.437 e. The zero-order valence-corrected chi connectivity index (χ0v) is 7.91. The number of carbonyl (C=O) groups excluding carboxylic acids is 1. The van der Waals surface area contributed by atoms with Gasteiger partial charge in [-0.15, -0.1) is 0 Å². The van der Waals surface area contributed by atoms with Gasteiger partial charge in [0.15, 0.2) is 0 Å². The number of carbonyl (C=O) groups is 1. The monoisotopic (exact) mass is 226 g/mol. The molecule has 2 N–H and O–H groups in total. The number of amides is 1. The molecule has 1 heterocycles.